The third kappa shape index (κ3) is 2.10. The normalized spacial score (nSPS) is 17.8. The van der Waals surface area contributed by atoms with Gasteiger partial charge in [-0.05, 0) is 39.0 Å². The van der Waals surface area contributed by atoms with E-state index in [2.05, 4.69) is 10.8 Å². The lowest BCUT2D eigenvalue weighted by Crippen LogP contribution is -2.38. The van der Waals surface area contributed by atoms with Crippen LogP contribution in [0, 0.1) is 13.8 Å². The maximum Gasteiger partial charge on any atom is 0.337 e. The van der Waals surface area contributed by atoms with Crippen molar-refractivity contribution in [2.75, 3.05) is 6.26 Å². The van der Waals surface area contributed by atoms with Gasteiger partial charge in [0.2, 0.25) is 0 Å². The minimum absolute atomic E-state index is 0.338. The molecule has 0 atom stereocenters. The summed E-state index contributed by atoms with van der Waals surface area (Å²) in [5.74, 6) is -0.823. The van der Waals surface area contributed by atoms with E-state index in [4.69, 9.17) is 5.11 Å². The van der Waals surface area contributed by atoms with Gasteiger partial charge in [-0.2, -0.15) is 11.8 Å². The Kier molecular flexibility index (Phi) is 3.25. The van der Waals surface area contributed by atoms with Crippen molar-refractivity contribution in [1.29, 1.82) is 0 Å². The molecule has 0 aliphatic heterocycles. The minimum atomic E-state index is -0.823. The van der Waals surface area contributed by atoms with Gasteiger partial charge in [0.1, 0.15) is 0 Å². The maximum absolute atomic E-state index is 11.1. The number of aryl methyl sites for hydroxylation is 1. The first kappa shape index (κ1) is 12.6. The van der Waals surface area contributed by atoms with Crippen molar-refractivity contribution in [2.24, 2.45) is 0 Å². The minimum Gasteiger partial charge on any atom is -0.478 e. The van der Waals surface area contributed by atoms with Crippen molar-refractivity contribution in [3.63, 3.8) is 0 Å². The van der Waals surface area contributed by atoms with Crippen LogP contribution in [0.25, 0.3) is 0 Å². The average molecular weight is 253 g/mol. The lowest BCUT2D eigenvalue weighted by Gasteiger charge is -2.41. The Labute approximate surface area is 106 Å². The quantitative estimate of drug-likeness (QED) is 0.896. The second kappa shape index (κ2) is 4.41. The summed E-state index contributed by atoms with van der Waals surface area (Å²) in [5.41, 5.74) is 2.38. The van der Waals surface area contributed by atoms with Gasteiger partial charge in [-0.15, -0.1) is 0 Å². The Bertz CT molecular complexity index is 441. The first-order valence-electron chi connectivity index (χ1n) is 5.94. The highest BCUT2D eigenvalue weighted by molar-refractivity contribution is 8.00. The molecule has 1 N–H and O–H groups in total. The molecule has 2 rings (SSSR count). The molecule has 1 aromatic heterocycles. The molecule has 1 fully saturated rings. The summed E-state index contributed by atoms with van der Waals surface area (Å²) in [5, 5.41) is 9.11. The Morgan fingerprint density at radius 2 is 2.18 bits per heavy atom. The number of nitrogens with zero attached hydrogens (tertiary/aromatic N) is 1. The topological polar surface area (TPSA) is 42.2 Å². The molecule has 0 spiro atoms. The van der Waals surface area contributed by atoms with Crippen molar-refractivity contribution in [3.8, 4) is 0 Å². The fourth-order valence-electron chi connectivity index (χ4n) is 2.55. The Morgan fingerprint density at radius 3 is 2.53 bits per heavy atom. The third-order valence-electron chi connectivity index (χ3n) is 3.95. The van der Waals surface area contributed by atoms with Crippen LogP contribution >= 0.6 is 11.8 Å². The van der Waals surface area contributed by atoms with Crippen molar-refractivity contribution in [3.05, 3.63) is 23.0 Å². The van der Waals surface area contributed by atoms with Crippen molar-refractivity contribution in [1.82, 2.24) is 4.57 Å². The van der Waals surface area contributed by atoms with Crippen LogP contribution in [0.15, 0.2) is 6.07 Å². The molecule has 4 heteroatoms. The highest BCUT2D eigenvalue weighted by Gasteiger charge is 2.37. The highest BCUT2D eigenvalue weighted by atomic mass is 32.2. The van der Waals surface area contributed by atoms with E-state index < -0.39 is 5.97 Å². The molecular weight excluding hydrogens is 234 g/mol. The van der Waals surface area contributed by atoms with E-state index in [1.165, 1.54) is 19.3 Å². The smallest absolute Gasteiger partial charge is 0.337 e. The van der Waals surface area contributed by atoms with Crippen molar-refractivity contribution >= 4 is 17.7 Å². The molecule has 1 saturated carbocycles. The van der Waals surface area contributed by atoms with Crippen LogP contribution in [-0.2, 0) is 6.54 Å². The first-order valence-corrected chi connectivity index (χ1v) is 7.17. The van der Waals surface area contributed by atoms with E-state index in [-0.39, 0.29) is 0 Å². The molecule has 1 heterocycles. The fraction of sp³-hybridized carbons (Fsp3) is 0.615. The molecular formula is C13H19NO2S. The fourth-order valence-corrected chi connectivity index (χ4v) is 3.50. The van der Waals surface area contributed by atoms with Gasteiger partial charge in [0.15, 0.2) is 0 Å². The molecule has 0 radical (unpaired) electrons. The van der Waals surface area contributed by atoms with Crippen LogP contribution in [0.4, 0.5) is 0 Å². The van der Waals surface area contributed by atoms with Crippen LogP contribution < -0.4 is 0 Å². The summed E-state index contributed by atoms with van der Waals surface area (Å²) in [4.78, 5) is 11.1. The number of hydrogen-bond donors (Lipinski definition) is 1. The predicted molar refractivity (Wildman–Crippen MR) is 71.0 cm³/mol. The standard InChI is InChI=1S/C13H19NO2S/c1-9-7-11(12(15)16)10(2)14(9)8-13(17-3)5-4-6-13/h7H,4-6,8H2,1-3H3,(H,15,16). The van der Waals surface area contributed by atoms with Gasteiger partial charge in [-0.25, -0.2) is 4.79 Å². The van der Waals surface area contributed by atoms with Crippen LogP contribution in [0.2, 0.25) is 0 Å². The van der Waals surface area contributed by atoms with E-state index in [1.54, 1.807) is 6.07 Å². The van der Waals surface area contributed by atoms with E-state index in [1.807, 2.05) is 25.6 Å². The maximum atomic E-state index is 11.1. The molecule has 0 saturated heterocycles. The van der Waals surface area contributed by atoms with Gasteiger partial charge in [-0.1, -0.05) is 6.42 Å². The van der Waals surface area contributed by atoms with Crippen LogP contribution in [-0.4, -0.2) is 26.6 Å². The van der Waals surface area contributed by atoms with Gasteiger partial charge < -0.3 is 9.67 Å². The van der Waals surface area contributed by atoms with E-state index >= 15 is 0 Å². The summed E-state index contributed by atoms with van der Waals surface area (Å²) in [6.45, 7) is 4.84. The molecule has 94 valence electrons. The molecule has 0 aromatic carbocycles. The second-order valence-electron chi connectivity index (χ2n) is 4.92. The SMILES string of the molecule is CSC1(Cn2c(C)cc(C(=O)O)c2C)CCC1. The third-order valence-corrected chi connectivity index (χ3v) is 5.35. The number of carboxylic acid groups (broad SMARTS) is 1. The highest BCUT2D eigenvalue weighted by Crippen LogP contribution is 2.44. The number of aromatic carboxylic acids is 1. The Hall–Kier alpha value is -0.900. The molecule has 3 nitrogen and oxygen atoms in total. The van der Waals surface area contributed by atoms with Gasteiger partial charge >= 0.3 is 5.97 Å². The van der Waals surface area contributed by atoms with Crippen LogP contribution in [0.1, 0.15) is 41.0 Å². The number of hydrogen-bond acceptors (Lipinski definition) is 2. The first-order chi connectivity index (χ1) is 7.99. The van der Waals surface area contributed by atoms with Gasteiger partial charge in [0, 0.05) is 22.7 Å². The van der Waals surface area contributed by atoms with E-state index in [0.29, 0.717) is 10.3 Å². The summed E-state index contributed by atoms with van der Waals surface area (Å²) >= 11 is 1.92. The zero-order valence-electron chi connectivity index (χ0n) is 10.6. The summed E-state index contributed by atoms with van der Waals surface area (Å²) in [7, 11) is 0. The van der Waals surface area contributed by atoms with Gasteiger partial charge in [0.25, 0.3) is 0 Å². The largest absolute Gasteiger partial charge is 0.478 e. The number of carbonyl (C=O) groups is 1. The predicted octanol–water partition coefficient (Wildman–Crippen LogP) is 3.09. The Balaban J connectivity index is 2.30. The summed E-state index contributed by atoms with van der Waals surface area (Å²) < 4.78 is 2.50. The van der Waals surface area contributed by atoms with Crippen molar-refractivity contribution < 1.29 is 9.90 Å². The molecule has 0 bridgehead atoms. The van der Waals surface area contributed by atoms with Gasteiger partial charge in [-0.3, -0.25) is 0 Å². The van der Waals surface area contributed by atoms with Crippen LogP contribution in [0.5, 0.6) is 0 Å². The summed E-state index contributed by atoms with van der Waals surface area (Å²) in [6.07, 6.45) is 5.94. The molecule has 17 heavy (non-hydrogen) atoms. The second-order valence-corrected chi connectivity index (χ2v) is 6.19. The monoisotopic (exact) mass is 253 g/mol. The van der Waals surface area contributed by atoms with Crippen molar-refractivity contribution in [2.45, 2.75) is 44.4 Å². The molecule has 0 unspecified atom stereocenters. The lowest BCUT2D eigenvalue weighted by atomic mass is 9.84. The van der Waals surface area contributed by atoms with Gasteiger partial charge in [0.05, 0.1) is 5.56 Å². The molecule has 0 amide bonds. The summed E-state index contributed by atoms with van der Waals surface area (Å²) in [6, 6.07) is 1.78. The number of rotatable bonds is 4. The molecule has 1 aliphatic carbocycles. The van der Waals surface area contributed by atoms with E-state index in [0.717, 1.165) is 17.9 Å². The zero-order valence-corrected chi connectivity index (χ0v) is 11.4. The number of thioether (sulfide) groups is 1. The molecule has 1 aliphatic rings. The lowest BCUT2D eigenvalue weighted by molar-refractivity contribution is 0.0696. The zero-order chi connectivity index (χ0) is 12.6. The van der Waals surface area contributed by atoms with E-state index in [9.17, 15) is 4.79 Å². The Morgan fingerprint density at radius 1 is 1.53 bits per heavy atom. The average Bonchev–Trinajstić information content (AvgIpc) is 2.50. The number of carboxylic acids is 1. The number of aromatic nitrogens is 1. The van der Waals surface area contributed by atoms with Crippen LogP contribution in [0.3, 0.4) is 0 Å². The molecule has 1 aromatic rings.